The van der Waals surface area contributed by atoms with Crippen LogP contribution in [0.5, 0.6) is 17.2 Å². The molecular formula is C26H28FNO5. The van der Waals surface area contributed by atoms with Crippen LogP contribution in [0.3, 0.4) is 0 Å². The first-order chi connectivity index (χ1) is 15.9. The standard InChI is InChI=1S/C26H28FNO5/c1-31-18-3-4-19-17(11-18)14-33-22-13-21(27)23(32-2)12-20(22)24(19)16-5-9-28(10-6-16)15-26(7-8-26)25(29)30/h3-4,11-13H,5-10,14-15H2,1-2H3,(H,29,30). The number of carboxylic acid groups (broad SMARTS) is 1. The molecule has 174 valence electrons. The van der Waals surface area contributed by atoms with Crippen molar-refractivity contribution in [3.05, 3.63) is 58.4 Å². The molecule has 33 heavy (non-hydrogen) atoms. The second-order valence-electron chi connectivity index (χ2n) is 9.13. The topological polar surface area (TPSA) is 68.2 Å². The Hall–Kier alpha value is -3.06. The van der Waals surface area contributed by atoms with Gasteiger partial charge in [-0.15, -0.1) is 0 Å². The molecule has 0 spiro atoms. The van der Waals surface area contributed by atoms with E-state index in [1.165, 1.54) is 18.7 Å². The minimum absolute atomic E-state index is 0.182. The third kappa shape index (κ3) is 3.95. The van der Waals surface area contributed by atoms with Crippen LogP contribution in [0, 0.1) is 11.2 Å². The minimum atomic E-state index is -0.682. The van der Waals surface area contributed by atoms with Crippen LogP contribution in [0.15, 0.2) is 35.9 Å². The van der Waals surface area contributed by atoms with E-state index in [1.807, 2.05) is 18.2 Å². The van der Waals surface area contributed by atoms with Crippen LogP contribution in [-0.4, -0.2) is 49.8 Å². The van der Waals surface area contributed by atoms with Crippen molar-refractivity contribution in [1.29, 1.82) is 0 Å². The number of carbonyl (C=O) groups is 1. The molecule has 2 aliphatic heterocycles. The summed E-state index contributed by atoms with van der Waals surface area (Å²) >= 11 is 0. The molecular weight excluding hydrogens is 425 g/mol. The molecule has 0 bridgehead atoms. The number of ether oxygens (including phenoxy) is 3. The number of fused-ring (bicyclic) bond motifs is 2. The summed E-state index contributed by atoms with van der Waals surface area (Å²) in [5.74, 6) is 0.286. The lowest BCUT2D eigenvalue weighted by atomic mass is 9.86. The van der Waals surface area contributed by atoms with E-state index in [2.05, 4.69) is 4.90 Å². The van der Waals surface area contributed by atoms with Gasteiger partial charge in [-0.1, -0.05) is 11.6 Å². The fourth-order valence-electron chi connectivity index (χ4n) is 5.00. The van der Waals surface area contributed by atoms with E-state index in [1.54, 1.807) is 13.2 Å². The summed E-state index contributed by atoms with van der Waals surface area (Å²) in [7, 11) is 3.09. The SMILES string of the molecule is COc1ccc2c(c1)COc1cc(F)c(OC)cc1C2=C1CCN(CC2(C(=O)O)CC2)CC1. The highest BCUT2D eigenvalue weighted by molar-refractivity contribution is 5.88. The van der Waals surface area contributed by atoms with E-state index in [0.29, 0.717) is 18.9 Å². The van der Waals surface area contributed by atoms with Gasteiger partial charge in [-0.05, 0) is 55.0 Å². The molecule has 6 nitrogen and oxygen atoms in total. The molecule has 2 heterocycles. The molecule has 2 aromatic rings. The van der Waals surface area contributed by atoms with E-state index in [-0.39, 0.29) is 5.75 Å². The minimum Gasteiger partial charge on any atom is -0.497 e. The zero-order valence-corrected chi connectivity index (χ0v) is 18.9. The van der Waals surface area contributed by atoms with E-state index >= 15 is 0 Å². The number of halogens is 1. The smallest absolute Gasteiger partial charge is 0.310 e. The van der Waals surface area contributed by atoms with Crippen LogP contribution in [0.2, 0.25) is 0 Å². The normalized spacial score (nSPS) is 19.1. The van der Waals surface area contributed by atoms with Crippen molar-refractivity contribution in [2.75, 3.05) is 33.9 Å². The van der Waals surface area contributed by atoms with Crippen LogP contribution >= 0.6 is 0 Å². The van der Waals surface area contributed by atoms with Gasteiger partial charge in [0.25, 0.3) is 0 Å². The highest BCUT2D eigenvalue weighted by Gasteiger charge is 2.51. The zero-order chi connectivity index (χ0) is 23.2. The monoisotopic (exact) mass is 453 g/mol. The molecule has 3 aliphatic rings. The van der Waals surface area contributed by atoms with Crippen LogP contribution in [0.4, 0.5) is 4.39 Å². The van der Waals surface area contributed by atoms with Crippen LogP contribution in [0.25, 0.3) is 5.57 Å². The van der Waals surface area contributed by atoms with E-state index < -0.39 is 17.2 Å². The number of benzene rings is 2. The van der Waals surface area contributed by atoms with Crippen molar-refractivity contribution in [2.24, 2.45) is 5.41 Å². The fraction of sp³-hybridized carbons (Fsp3) is 0.423. The van der Waals surface area contributed by atoms with Gasteiger partial charge in [0.05, 0.1) is 19.6 Å². The Morgan fingerprint density at radius 3 is 2.52 bits per heavy atom. The second-order valence-corrected chi connectivity index (χ2v) is 9.13. The third-order valence-corrected chi connectivity index (χ3v) is 7.13. The number of rotatable bonds is 5. The first-order valence-corrected chi connectivity index (χ1v) is 11.3. The van der Waals surface area contributed by atoms with E-state index in [9.17, 15) is 14.3 Å². The first-order valence-electron chi connectivity index (χ1n) is 11.3. The van der Waals surface area contributed by atoms with Gasteiger partial charge in [0, 0.05) is 36.8 Å². The Kier molecular flexibility index (Phi) is 5.52. The highest BCUT2D eigenvalue weighted by atomic mass is 19.1. The number of carboxylic acids is 1. The molecule has 1 saturated carbocycles. The number of piperidine rings is 1. The molecule has 1 N–H and O–H groups in total. The van der Waals surface area contributed by atoms with Crippen LogP contribution in [-0.2, 0) is 11.4 Å². The van der Waals surface area contributed by atoms with E-state index in [0.717, 1.165) is 66.8 Å². The summed E-state index contributed by atoms with van der Waals surface area (Å²) < 4.78 is 31.2. The summed E-state index contributed by atoms with van der Waals surface area (Å²) in [6.45, 7) is 2.52. The van der Waals surface area contributed by atoms with E-state index in [4.69, 9.17) is 14.2 Å². The van der Waals surface area contributed by atoms with Crippen molar-refractivity contribution >= 4 is 11.5 Å². The summed E-state index contributed by atoms with van der Waals surface area (Å²) in [6, 6.07) is 9.07. The van der Waals surface area contributed by atoms with Crippen LogP contribution < -0.4 is 14.2 Å². The lowest BCUT2D eigenvalue weighted by Crippen LogP contribution is -2.38. The Morgan fingerprint density at radius 2 is 1.88 bits per heavy atom. The molecule has 0 aromatic heterocycles. The van der Waals surface area contributed by atoms with Crippen molar-refractivity contribution in [3.8, 4) is 17.2 Å². The molecule has 5 rings (SSSR count). The highest BCUT2D eigenvalue weighted by Crippen LogP contribution is 2.48. The van der Waals surface area contributed by atoms with Gasteiger partial charge >= 0.3 is 5.97 Å². The van der Waals surface area contributed by atoms with Crippen LogP contribution in [0.1, 0.15) is 42.4 Å². The number of aliphatic carboxylic acids is 1. The van der Waals surface area contributed by atoms with Gasteiger partial charge in [0.15, 0.2) is 11.6 Å². The average Bonchev–Trinajstić information content (AvgIpc) is 3.62. The lowest BCUT2D eigenvalue weighted by molar-refractivity contribution is -0.144. The van der Waals surface area contributed by atoms with Gasteiger partial charge in [-0.25, -0.2) is 4.39 Å². The molecule has 1 saturated heterocycles. The predicted octanol–water partition coefficient (Wildman–Crippen LogP) is 4.50. The molecule has 1 aliphatic carbocycles. The molecule has 0 amide bonds. The molecule has 2 fully saturated rings. The molecule has 0 atom stereocenters. The fourth-order valence-corrected chi connectivity index (χ4v) is 5.00. The maximum atomic E-state index is 14.5. The molecule has 0 radical (unpaired) electrons. The predicted molar refractivity (Wildman–Crippen MR) is 121 cm³/mol. The summed E-state index contributed by atoms with van der Waals surface area (Å²) in [5.41, 5.74) is 4.62. The zero-order valence-electron chi connectivity index (χ0n) is 18.9. The third-order valence-electron chi connectivity index (χ3n) is 7.13. The van der Waals surface area contributed by atoms with Crippen molar-refractivity contribution in [1.82, 2.24) is 4.90 Å². The molecule has 7 heteroatoms. The average molecular weight is 454 g/mol. The maximum Gasteiger partial charge on any atom is 0.310 e. The number of hydrogen-bond donors (Lipinski definition) is 1. The number of hydrogen-bond acceptors (Lipinski definition) is 5. The van der Waals surface area contributed by atoms with Crippen molar-refractivity contribution in [2.45, 2.75) is 32.3 Å². The van der Waals surface area contributed by atoms with Gasteiger partial charge in [0.1, 0.15) is 18.1 Å². The quantitative estimate of drug-likeness (QED) is 0.719. The first kappa shape index (κ1) is 21.8. The van der Waals surface area contributed by atoms with Gasteiger partial charge in [-0.2, -0.15) is 0 Å². The Morgan fingerprint density at radius 1 is 1.12 bits per heavy atom. The molecule has 0 unspecified atom stereocenters. The molecule has 2 aromatic carbocycles. The van der Waals surface area contributed by atoms with Crippen molar-refractivity contribution < 1.29 is 28.5 Å². The van der Waals surface area contributed by atoms with Crippen molar-refractivity contribution in [3.63, 3.8) is 0 Å². The summed E-state index contributed by atoms with van der Waals surface area (Å²) in [4.78, 5) is 13.9. The maximum absolute atomic E-state index is 14.5. The Bertz CT molecular complexity index is 1130. The van der Waals surface area contributed by atoms with Gasteiger partial charge in [-0.3, -0.25) is 4.79 Å². The lowest BCUT2D eigenvalue weighted by Gasteiger charge is -2.32. The second kappa shape index (κ2) is 8.37. The van der Waals surface area contributed by atoms with Gasteiger partial charge in [0.2, 0.25) is 0 Å². The number of likely N-dealkylation sites (tertiary alicyclic amines) is 1. The summed E-state index contributed by atoms with van der Waals surface area (Å²) in [6.07, 6.45) is 3.15. The van der Waals surface area contributed by atoms with Gasteiger partial charge < -0.3 is 24.2 Å². The largest absolute Gasteiger partial charge is 0.497 e. The number of nitrogens with zero attached hydrogens (tertiary/aromatic N) is 1. The number of methoxy groups -OCH3 is 2. The Labute approximate surface area is 192 Å². The Balaban J connectivity index is 1.54. The summed E-state index contributed by atoms with van der Waals surface area (Å²) in [5, 5.41) is 9.55.